The van der Waals surface area contributed by atoms with Gasteiger partial charge in [-0.05, 0) is 24.0 Å². The highest BCUT2D eigenvalue weighted by Crippen LogP contribution is 2.29. The Morgan fingerprint density at radius 1 is 1.56 bits per heavy atom. The molecule has 0 spiro atoms. The fourth-order valence-corrected chi connectivity index (χ4v) is 1.94. The topological polar surface area (TPSA) is 72.5 Å². The molecule has 2 rings (SSSR count). The van der Waals surface area contributed by atoms with Gasteiger partial charge in [0.2, 0.25) is 0 Å². The Morgan fingerprint density at radius 3 is 3.12 bits per heavy atom. The molecule has 0 aliphatic carbocycles. The number of carboxylic acid groups (broad SMARTS) is 1. The summed E-state index contributed by atoms with van der Waals surface area (Å²) in [5.74, 6) is -0.140. The van der Waals surface area contributed by atoms with Crippen molar-refractivity contribution >= 4 is 5.97 Å². The van der Waals surface area contributed by atoms with Gasteiger partial charge in [-0.25, -0.2) is 0 Å². The predicted molar refractivity (Wildman–Crippen MR) is 59.6 cm³/mol. The normalized spacial score (nSPS) is 16.1. The smallest absolute Gasteiger partial charge is 0.320 e. The van der Waals surface area contributed by atoms with E-state index in [0.29, 0.717) is 13.0 Å². The van der Waals surface area contributed by atoms with E-state index in [1.165, 1.54) is 0 Å². The van der Waals surface area contributed by atoms with Crippen molar-refractivity contribution < 1.29 is 14.6 Å². The zero-order valence-corrected chi connectivity index (χ0v) is 8.98. The molecule has 1 aliphatic rings. The van der Waals surface area contributed by atoms with Crippen molar-refractivity contribution in [1.29, 1.82) is 0 Å². The Balaban J connectivity index is 2.24. The first-order chi connectivity index (χ1) is 7.68. The Kier molecular flexibility index (Phi) is 3.10. The molecule has 0 saturated heterocycles. The molecule has 1 unspecified atom stereocenters. The standard InChI is InChI=1S/C12H15NO3/c13-10(12(14)15)7-9-4-1-3-8-5-2-6-16-11(8)9/h1,3-4,10H,2,5-7,13H2,(H,14,15). The lowest BCUT2D eigenvalue weighted by molar-refractivity contribution is -0.138. The van der Waals surface area contributed by atoms with Gasteiger partial charge in [0.1, 0.15) is 11.8 Å². The lowest BCUT2D eigenvalue weighted by Gasteiger charge is -2.21. The number of para-hydroxylation sites is 1. The van der Waals surface area contributed by atoms with E-state index >= 15 is 0 Å². The van der Waals surface area contributed by atoms with E-state index in [9.17, 15) is 4.79 Å². The average Bonchev–Trinajstić information content (AvgIpc) is 2.29. The molecule has 1 atom stereocenters. The summed E-state index contributed by atoms with van der Waals surface area (Å²) in [7, 11) is 0. The van der Waals surface area contributed by atoms with Crippen LogP contribution in [0.4, 0.5) is 0 Å². The number of rotatable bonds is 3. The fraction of sp³-hybridized carbons (Fsp3) is 0.417. The van der Waals surface area contributed by atoms with E-state index in [0.717, 1.165) is 29.7 Å². The van der Waals surface area contributed by atoms with E-state index in [-0.39, 0.29) is 0 Å². The Morgan fingerprint density at radius 2 is 2.38 bits per heavy atom. The molecule has 1 aromatic rings. The van der Waals surface area contributed by atoms with Crippen LogP contribution in [-0.2, 0) is 17.6 Å². The third kappa shape index (κ3) is 2.17. The minimum absolute atomic E-state index is 0.318. The molecule has 4 nitrogen and oxygen atoms in total. The van der Waals surface area contributed by atoms with E-state index in [2.05, 4.69) is 0 Å². The van der Waals surface area contributed by atoms with E-state index in [1.54, 1.807) is 0 Å². The number of ether oxygens (including phenoxy) is 1. The molecular weight excluding hydrogens is 206 g/mol. The van der Waals surface area contributed by atoms with Crippen LogP contribution in [0.15, 0.2) is 18.2 Å². The van der Waals surface area contributed by atoms with Gasteiger partial charge >= 0.3 is 5.97 Å². The second-order valence-corrected chi connectivity index (χ2v) is 4.01. The first-order valence-corrected chi connectivity index (χ1v) is 5.40. The maximum Gasteiger partial charge on any atom is 0.320 e. The number of nitrogens with two attached hydrogens (primary N) is 1. The molecule has 16 heavy (non-hydrogen) atoms. The summed E-state index contributed by atoms with van der Waals surface area (Å²) in [6.07, 6.45) is 2.32. The van der Waals surface area contributed by atoms with Crippen LogP contribution in [0, 0.1) is 0 Å². The molecular formula is C12H15NO3. The molecule has 1 heterocycles. The molecule has 1 aromatic carbocycles. The summed E-state index contributed by atoms with van der Waals surface area (Å²) in [5.41, 5.74) is 7.58. The van der Waals surface area contributed by atoms with Crippen molar-refractivity contribution in [3.05, 3.63) is 29.3 Å². The van der Waals surface area contributed by atoms with Gasteiger partial charge in [-0.3, -0.25) is 4.79 Å². The zero-order valence-electron chi connectivity index (χ0n) is 8.98. The van der Waals surface area contributed by atoms with Crippen LogP contribution in [0.25, 0.3) is 0 Å². The number of hydrogen-bond acceptors (Lipinski definition) is 3. The van der Waals surface area contributed by atoms with Crippen LogP contribution >= 0.6 is 0 Å². The summed E-state index contributed by atoms with van der Waals surface area (Å²) in [6, 6.07) is 4.96. The summed E-state index contributed by atoms with van der Waals surface area (Å²) in [4.78, 5) is 10.7. The van der Waals surface area contributed by atoms with Gasteiger partial charge in [0.15, 0.2) is 0 Å². The molecule has 0 fully saturated rings. The van der Waals surface area contributed by atoms with Crippen molar-refractivity contribution in [3.63, 3.8) is 0 Å². The first-order valence-electron chi connectivity index (χ1n) is 5.40. The summed E-state index contributed by atoms with van der Waals surface area (Å²) >= 11 is 0. The van der Waals surface area contributed by atoms with Gasteiger partial charge in [0.25, 0.3) is 0 Å². The highest BCUT2D eigenvalue weighted by atomic mass is 16.5. The van der Waals surface area contributed by atoms with Gasteiger partial charge in [0, 0.05) is 6.42 Å². The van der Waals surface area contributed by atoms with Crippen LogP contribution in [0.3, 0.4) is 0 Å². The van der Waals surface area contributed by atoms with Crippen molar-refractivity contribution in [2.75, 3.05) is 6.61 Å². The van der Waals surface area contributed by atoms with E-state index in [1.807, 2.05) is 18.2 Å². The highest BCUT2D eigenvalue weighted by molar-refractivity contribution is 5.73. The highest BCUT2D eigenvalue weighted by Gasteiger charge is 2.18. The van der Waals surface area contributed by atoms with Crippen LogP contribution in [0.1, 0.15) is 17.5 Å². The van der Waals surface area contributed by atoms with Gasteiger partial charge in [0.05, 0.1) is 6.61 Å². The maximum atomic E-state index is 10.7. The Hall–Kier alpha value is -1.55. The minimum Gasteiger partial charge on any atom is -0.493 e. The van der Waals surface area contributed by atoms with Gasteiger partial charge < -0.3 is 15.6 Å². The third-order valence-corrected chi connectivity index (χ3v) is 2.77. The predicted octanol–water partition coefficient (Wildman–Crippen LogP) is 0.966. The van der Waals surface area contributed by atoms with Gasteiger partial charge in [-0.15, -0.1) is 0 Å². The number of aliphatic carboxylic acids is 1. The lowest BCUT2D eigenvalue weighted by Crippen LogP contribution is -2.32. The Labute approximate surface area is 94.0 Å². The van der Waals surface area contributed by atoms with Crippen LogP contribution in [0.5, 0.6) is 5.75 Å². The fourth-order valence-electron chi connectivity index (χ4n) is 1.94. The van der Waals surface area contributed by atoms with Crippen molar-refractivity contribution in [2.24, 2.45) is 5.73 Å². The van der Waals surface area contributed by atoms with Crippen molar-refractivity contribution in [3.8, 4) is 5.75 Å². The number of carboxylic acids is 1. The molecule has 1 aliphatic heterocycles. The second kappa shape index (κ2) is 4.53. The molecule has 3 N–H and O–H groups in total. The molecule has 86 valence electrons. The van der Waals surface area contributed by atoms with Crippen molar-refractivity contribution in [1.82, 2.24) is 0 Å². The van der Waals surface area contributed by atoms with Gasteiger partial charge in [-0.2, -0.15) is 0 Å². The maximum absolute atomic E-state index is 10.7. The summed E-state index contributed by atoms with van der Waals surface area (Å²) in [5, 5.41) is 8.78. The summed E-state index contributed by atoms with van der Waals surface area (Å²) < 4.78 is 5.59. The third-order valence-electron chi connectivity index (χ3n) is 2.77. The van der Waals surface area contributed by atoms with Crippen molar-refractivity contribution in [2.45, 2.75) is 25.3 Å². The van der Waals surface area contributed by atoms with E-state index < -0.39 is 12.0 Å². The first kappa shape index (κ1) is 11.0. The number of benzene rings is 1. The SMILES string of the molecule is NC(Cc1cccc2c1OCCC2)C(=O)O. The second-order valence-electron chi connectivity index (χ2n) is 4.01. The number of aryl methyl sites for hydroxylation is 1. The van der Waals surface area contributed by atoms with Gasteiger partial charge in [-0.1, -0.05) is 18.2 Å². The number of fused-ring (bicyclic) bond motifs is 1. The quantitative estimate of drug-likeness (QED) is 0.797. The molecule has 0 radical (unpaired) electrons. The lowest BCUT2D eigenvalue weighted by atomic mass is 9.98. The zero-order chi connectivity index (χ0) is 11.5. The van der Waals surface area contributed by atoms with E-state index in [4.69, 9.17) is 15.6 Å². The molecule has 0 aromatic heterocycles. The molecule has 0 amide bonds. The number of hydrogen-bond donors (Lipinski definition) is 2. The average molecular weight is 221 g/mol. The Bertz CT molecular complexity index is 403. The van der Waals surface area contributed by atoms with Crippen LogP contribution < -0.4 is 10.5 Å². The molecule has 0 bridgehead atoms. The van der Waals surface area contributed by atoms with Crippen LogP contribution in [0.2, 0.25) is 0 Å². The molecule has 4 heteroatoms. The monoisotopic (exact) mass is 221 g/mol. The summed E-state index contributed by atoms with van der Waals surface area (Å²) in [6.45, 7) is 0.701. The molecule has 0 saturated carbocycles. The minimum atomic E-state index is -0.978. The van der Waals surface area contributed by atoms with Crippen LogP contribution in [-0.4, -0.2) is 23.7 Å². The number of carbonyl (C=O) groups is 1. The largest absolute Gasteiger partial charge is 0.493 e.